The molecule has 0 heterocycles. The highest BCUT2D eigenvalue weighted by Gasteiger charge is 2.02. The van der Waals surface area contributed by atoms with Gasteiger partial charge in [-0.25, -0.2) is 0 Å². The predicted octanol–water partition coefficient (Wildman–Crippen LogP) is 4.22. The second kappa shape index (κ2) is 3.60. The minimum absolute atomic E-state index is 0.836. The zero-order chi connectivity index (χ0) is 9.26. The van der Waals surface area contributed by atoms with Crippen LogP contribution in [0.4, 0.5) is 0 Å². The van der Waals surface area contributed by atoms with E-state index < -0.39 is 0 Å². The molecule has 0 amide bonds. The van der Waals surface area contributed by atoms with Crippen LogP contribution in [-0.4, -0.2) is 6.26 Å². The van der Waals surface area contributed by atoms with Gasteiger partial charge in [0, 0.05) is 15.3 Å². The van der Waals surface area contributed by atoms with Gasteiger partial charge in [0.2, 0.25) is 0 Å². The number of halogens is 1. The average molecular weight is 209 g/mol. The summed E-state index contributed by atoms with van der Waals surface area (Å²) in [5.74, 6) is 0. The van der Waals surface area contributed by atoms with E-state index in [0.717, 1.165) is 5.02 Å². The number of fused-ring (bicyclic) bond motifs is 1. The van der Waals surface area contributed by atoms with E-state index in [2.05, 4.69) is 30.5 Å². The molecule has 0 nitrogen and oxygen atoms in total. The van der Waals surface area contributed by atoms with E-state index in [1.807, 2.05) is 12.1 Å². The Hall–Kier alpha value is -0.660. The summed E-state index contributed by atoms with van der Waals surface area (Å²) in [7, 11) is 0. The first-order valence-corrected chi connectivity index (χ1v) is 5.64. The van der Waals surface area contributed by atoms with E-state index in [-0.39, 0.29) is 0 Å². The number of rotatable bonds is 1. The first-order chi connectivity index (χ1) is 6.33. The van der Waals surface area contributed by atoms with Crippen molar-refractivity contribution in [2.24, 2.45) is 0 Å². The summed E-state index contributed by atoms with van der Waals surface area (Å²) in [6.45, 7) is 0. The van der Waals surface area contributed by atoms with Gasteiger partial charge in [-0.1, -0.05) is 35.9 Å². The maximum atomic E-state index is 6.13. The van der Waals surface area contributed by atoms with Crippen molar-refractivity contribution in [1.82, 2.24) is 0 Å². The van der Waals surface area contributed by atoms with E-state index in [4.69, 9.17) is 11.6 Å². The van der Waals surface area contributed by atoms with Crippen LogP contribution in [0.25, 0.3) is 10.8 Å². The monoisotopic (exact) mass is 208 g/mol. The molecule has 0 spiro atoms. The van der Waals surface area contributed by atoms with Crippen LogP contribution < -0.4 is 0 Å². The number of hydrogen-bond donors (Lipinski definition) is 0. The zero-order valence-corrected chi connectivity index (χ0v) is 8.82. The van der Waals surface area contributed by atoms with Crippen molar-refractivity contribution in [1.29, 1.82) is 0 Å². The van der Waals surface area contributed by atoms with Crippen molar-refractivity contribution in [2.45, 2.75) is 4.90 Å². The Bertz CT molecular complexity index is 432. The fraction of sp³-hybridized carbons (Fsp3) is 0.0909. The molecule has 0 aliphatic rings. The van der Waals surface area contributed by atoms with E-state index in [0.29, 0.717) is 0 Å². The molecule has 0 atom stereocenters. The van der Waals surface area contributed by atoms with Crippen molar-refractivity contribution >= 4 is 34.1 Å². The molecule has 0 saturated heterocycles. The summed E-state index contributed by atoms with van der Waals surface area (Å²) < 4.78 is 0. The first-order valence-electron chi connectivity index (χ1n) is 4.04. The summed E-state index contributed by atoms with van der Waals surface area (Å²) >= 11 is 7.86. The third-order valence-electron chi connectivity index (χ3n) is 2.04. The van der Waals surface area contributed by atoms with Gasteiger partial charge in [0.25, 0.3) is 0 Å². The fourth-order valence-corrected chi connectivity index (χ4v) is 2.42. The van der Waals surface area contributed by atoms with Gasteiger partial charge in [0.1, 0.15) is 0 Å². The molecule has 2 heteroatoms. The van der Waals surface area contributed by atoms with Crippen molar-refractivity contribution < 1.29 is 0 Å². The van der Waals surface area contributed by atoms with Crippen LogP contribution in [0.1, 0.15) is 0 Å². The molecule has 66 valence electrons. The second-order valence-corrected chi connectivity index (χ2v) is 4.05. The predicted molar refractivity (Wildman–Crippen MR) is 60.7 cm³/mol. The molecule has 0 bridgehead atoms. The average Bonchev–Trinajstić information content (AvgIpc) is 2.17. The van der Waals surface area contributed by atoms with E-state index in [1.165, 1.54) is 15.7 Å². The van der Waals surface area contributed by atoms with Crippen molar-refractivity contribution in [3.8, 4) is 0 Å². The van der Waals surface area contributed by atoms with E-state index >= 15 is 0 Å². The van der Waals surface area contributed by atoms with Crippen LogP contribution in [0.2, 0.25) is 5.02 Å². The van der Waals surface area contributed by atoms with Gasteiger partial charge in [-0.2, -0.15) is 0 Å². The molecule has 13 heavy (non-hydrogen) atoms. The van der Waals surface area contributed by atoms with Gasteiger partial charge in [-0.05, 0) is 23.8 Å². The summed E-state index contributed by atoms with van der Waals surface area (Å²) in [6, 6.07) is 12.2. The number of benzene rings is 2. The molecule has 0 aliphatic heterocycles. The van der Waals surface area contributed by atoms with Crippen molar-refractivity contribution in [3.05, 3.63) is 41.4 Å². The normalized spacial score (nSPS) is 10.6. The lowest BCUT2D eigenvalue weighted by molar-refractivity contribution is 1.55. The lowest BCUT2D eigenvalue weighted by Crippen LogP contribution is -1.77. The minimum Gasteiger partial charge on any atom is -0.129 e. The van der Waals surface area contributed by atoms with Gasteiger partial charge < -0.3 is 0 Å². The Morgan fingerprint density at radius 2 is 1.77 bits per heavy atom. The van der Waals surface area contributed by atoms with Crippen LogP contribution in [0.15, 0.2) is 41.3 Å². The summed E-state index contributed by atoms with van der Waals surface area (Å²) in [5.41, 5.74) is 0. The molecule has 2 aromatic carbocycles. The number of thioether (sulfide) groups is 1. The van der Waals surface area contributed by atoms with Crippen LogP contribution in [-0.2, 0) is 0 Å². The molecule has 0 radical (unpaired) electrons. The topological polar surface area (TPSA) is 0 Å². The van der Waals surface area contributed by atoms with Crippen LogP contribution in [0.5, 0.6) is 0 Å². The Morgan fingerprint density at radius 3 is 2.46 bits per heavy atom. The molecule has 0 aliphatic carbocycles. The van der Waals surface area contributed by atoms with E-state index in [9.17, 15) is 0 Å². The van der Waals surface area contributed by atoms with Gasteiger partial charge in [0.05, 0.1) is 0 Å². The van der Waals surface area contributed by atoms with E-state index in [1.54, 1.807) is 11.8 Å². The van der Waals surface area contributed by atoms with Crippen molar-refractivity contribution in [3.63, 3.8) is 0 Å². The molecule has 0 saturated carbocycles. The molecular weight excluding hydrogens is 200 g/mol. The Balaban J connectivity index is 2.87. The highest BCUT2D eigenvalue weighted by Crippen LogP contribution is 2.31. The lowest BCUT2D eigenvalue weighted by Gasteiger charge is -2.04. The maximum Gasteiger partial charge on any atom is 0.0495 e. The summed E-state index contributed by atoms with van der Waals surface area (Å²) in [6.07, 6.45) is 2.07. The molecule has 0 N–H and O–H groups in total. The standard InChI is InChI=1S/C11H9ClS/c1-13-10-7-3-5-8-4-2-6-9(12)11(8)10/h2-7H,1H3. The van der Waals surface area contributed by atoms with Gasteiger partial charge in [-0.15, -0.1) is 11.8 Å². The van der Waals surface area contributed by atoms with Gasteiger partial charge in [-0.3, -0.25) is 0 Å². The van der Waals surface area contributed by atoms with Crippen LogP contribution in [0, 0.1) is 0 Å². The van der Waals surface area contributed by atoms with Crippen LogP contribution in [0.3, 0.4) is 0 Å². The molecule has 0 fully saturated rings. The largest absolute Gasteiger partial charge is 0.129 e. The Morgan fingerprint density at radius 1 is 1.08 bits per heavy atom. The Labute approximate surface area is 86.9 Å². The zero-order valence-electron chi connectivity index (χ0n) is 7.25. The fourth-order valence-electron chi connectivity index (χ4n) is 1.43. The van der Waals surface area contributed by atoms with Gasteiger partial charge >= 0.3 is 0 Å². The highest BCUT2D eigenvalue weighted by atomic mass is 35.5. The minimum atomic E-state index is 0.836. The van der Waals surface area contributed by atoms with Crippen molar-refractivity contribution in [2.75, 3.05) is 6.26 Å². The molecule has 0 aromatic heterocycles. The quantitative estimate of drug-likeness (QED) is 0.633. The molecule has 2 aromatic rings. The summed E-state index contributed by atoms with van der Waals surface area (Å²) in [5, 5.41) is 3.21. The highest BCUT2D eigenvalue weighted by molar-refractivity contribution is 7.98. The summed E-state index contributed by atoms with van der Waals surface area (Å²) in [4.78, 5) is 1.24. The molecular formula is C11H9ClS. The Kier molecular flexibility index (Phi) is 2.47. The smallest absolute Gasteiger partial charge is 0.0495 e. The van der Waals surface area contributed by atoms with Gasteiger partial charge in [0.15, 0.2) is 0 Å². The number of hydrogen-bond acceptors (Lipinski definition) is 1. The first kappa shape index (κ1) is 8.92. The lowest BCUT2D eigenvalue weighted by atomic mass is 10.1. The SMILES string of the molecule is CSc1cccc2cccc(Cl)c12. The second-order valence-electron chi connectivity index (χ2n) is 2.80. The molecule has 0 unspecified atom stereocenters. The van der Waals surface area contributed by atoms with Crippen LogP contribution >= 0.6 is 23.4 Å². The third-order valence-corrected chi connectivity index (χ3v) is 3.13. The maximum absolute atomic E-state index is 6.13. The molecule has 2 rings (SSSR count). The third kappa shape index (κ3) is 1.54.